The van der Waals surface area contributed by atoms with Gasteiger partial charge < -0.3 is 10.1 Å². The number of benzene rings is 1. The first-order valence-electron chi connectivity index (χ1n) is 6.04. The third-order valence-corrected chi connectivity index (χ3v) is 3.57. The van der Waals surface area contributed by atoms with Gasteiger partial charge >= 0.3 is 5.69 Å². The smallest absolute Gasteiger partial charge is 0.311 e. The van der Waals surface area contributed by atoms with Crippen LogP contribution in [0.1, 0.15) is 17.5 Å². The Labute approximate surface area is 119 Å². The molecule has 0 amide bonds. The highest BCUT2D eigenvalue weighted by Crippen LogP contribution is 2.29. The minimum Gasteiger partial charge on any atom is -0.479 e. The van der Waals surface area contributed by atoms with E-state index in [0.29, 0.717) is 10.1 Å². The van der Waals surface area contributed by atoms with Crippen molar-refractivity contribution in [3.8, 4) is 5.75 Å². The first-order chi connectivity index (χ1) is 9.63. The molecule has 0 bridgehead atoms. The SMILES string of the molecule is CCc1ccc(OCc2nnc(NC)s2)c([N+](=O)[O-])c1. The maximum atomic E-state index is 11.0. The molecule has 0 fully saturated rings. The van der Waals surface area contributed by atoms with Crippen molar-refractivity contribution in [2.75, 3.05) is 12.4 Å². The normalized spacial score (nSPS) is 10.3. The van der Waals surface area contributed by atoms with E-state index in [4.69, 9.17) is 4.74 Å². The fourth-order valence-corrected chi connectivity index (χ4v) is 2.21. The number of rotatable bonds is 6. The summed E-state index contributed by atoms with van der Waals surface area (Å²) in [6.07, 6.45) is 0.739. The van der Waals surface area contributed by atoms with Crippen LogP contribution in [0.25, 0.3) is 0 Å². The van der Waals surface area contributed by atoms with Crippen LogP contribution in [0.4, 0.5) is 10.8 Å². The first kappa shape index (κ1) is 14.2. The van der Waals surface area contributed by atoms with E-state index < -0.39 is 4.92 Å². The fourth-order valence-electron chi connectivity index (χ4n) is 1.60. The summed E-state index contributed by atoms with van der Waals surface area (Å²) in [5, 5.41) is 23.0. The van der Waals surface area contributed by atoms with Gasteiger partial charge in [-0.1, -0.05) is 24.3 Å². The third-order valence-electron chi connectivity index (χ3n) is 2.66. The van der Waals surface area contributed by atoms with Gasteiger partial charge in [-0.15, -0.1) is 10.2 Å². The lowest BCUT2D eigenvalue weighted by Gasteiger charge is -2.06. The molecule has 20 heavy (non-hydrogen) atoms. The maximum Gasteiger partial charge on any atom is 0.311 e. The number of nitro benzene ring substituents is 1. The largest absolute Gasteiger partial charge is 0.479 e. The van der Waals surface area contributed by atoms with E-state index in [2.05, 4.69) is 15.5 Å². The van der Waals surface area contributed by atoms with E-state index >= 15 is 0 Å². The van der Waals surface area contributed by atoms with E-state index in [0.717, 1.165) is 12.0 Å². The fraction of sp³-hybridized carbons (Fsp3) is 0.333. The Morgan fingerprint density at radius 2 is 2.25 bits per heavy atom. The van der Waals surface area contributed by atoms with Gasteiger partial charge in [0.1, 0.15) is 6.61 Å². The highest BCUT2D eigenvalue weighted by Gasteiger charge is 2.16. The van der Waals surface area contributed by atoms with Crippen LogP contribution >= 0.6 is 11.3 Å². The second-order valence-corrected chi connectivity index (χ2v) is 5.01. The highest BCUT2D eigenvalue weighted by atomic mass is 32.1. The van der Waals surface area contributed by atoms with E-state index in [1.165, 1.54) is 17.4 Å². The van der Waals surface area contributed by atoms with Crippen molar-refractivity contribution in [3.05, 3.63) is 38.9 Å². The molecule has 2 aromatic rings. The summed E-state index contributed by atoms with van der Waals surface area (Å²) in [5.74, 6) is 0.244. The average molecular weight is 294 g/mol. The van der Waals surface area contributed by atoms with E-state index in [1.54, 1.807) is 13.1 Å². The molecular weight excluding hydrogens is 280 g/mol. The van der Waals surface area contributed by atoms with Crippen LogP contribution in [-0.2, 0) is 13.0 Å². The lowest BCUT2D eigenvalue weighted by molar-refractivity contribution is -0.386. The van der Waals surface area contributed by atoms with Crippen molar-refractivity contribution in [1.82, 2.24) is 10.2 Å². The molecule has 2 rings (SSSR count). The van der Waals surface area contributed by atoms with Crippen LogP contribution in [0, 0.1) is 10.1 Å². The predicted octanol–water partition coefficient (Wildman–Crippen LogP) is 2.63. The minimum absolute atomic E-state index is 0.0253. The van der Waals surface area contributed by atoms with Gasteiger partial charge in [0.25, 0.3) is 0 Å². The molecule has 0 saturated heterocycles. The molecule has 0 aliphatic carbocycles. The van der Waals surface area contributed by atoms with Gasteiger partial charge in [0.15, 0.2) is 10.8 Å². The molecule has 7 nitrogen and oxygen atoms in total. The van der Waals surface area contributed by atoms with Crippen LogP contribution in [0.3, 0.4) is 0 Å². The Hall–Kier alpha value is -2.22. The van der Waals surface area contributed by atoms with Crippen molar-refractivity contribution >= 4 is 22.2 Å². The molecule has 0 saturated carbocycles. The molecule has 0 aliphatic heterocycles. The molecular formula is C12H14N4O3S. The molecule has 0 aliphatic rings. The summed E-state index contributed by atoms with van der Waals surface area (Å²) >= 11 is 1.35. The lowest BCUT2D eigenvalue weighted by atomic mass is 10.1. The van der Waals surface area contributed by atoms with Crippen molar-refractivity contribution < 1.29 is 9.66 Å². The monoisotopic (exact) mass is 294 g/mol. The van der Waals surface area contributed by atoms with E-state index in [1.807, 2.05) is 13.0 Å². The molecule has 8 heteroatoms. The second kappa shape index (κ2) is 6.29. The summed E-state index contributed by atoms with van der Waals surface area (Å²) < 4.78 is 5.48. The van der Waals surface area contributed by atoms with Crippen molar-refractivity contribution in [1.29, 1.82) is 0 Å². The molecule has 1 heterocycles. The summed E-state index contributed by atoms with van der Waals surface area (Å²) in [4.78, 5) is 10.6. The zero-order chi connectivity index (χ0) is 14.5. The van der Waals surface area contributed by atoms with Crippen LogP contribution in [0.15, 0.2) is 18.2 Å². The number of hydrogen-bond donors (Lipinski definition) is 1. The molecule has 1 N–H and O–H groups in total. The van der Waals surface area contributed by atoms with Crippen LogP contribution in [0.2, 0.25) is 0 Å². The van der Waals surface area contributed by atoms with Gasteiger partial charge in [0, 0.05) is 13.1 Å². The number of aromatic nitrogens is 2. The zero-order valence-corrected chi connectivity index (χ0v) is 11.9. The zero-order valence-electron chi connectivity index (χ0n) is 11.1. The van der Waals surface area contributed by atoms with Gasteiger partial charge in [-0.2, -0.15) is 0 Å². The molecule has 106 valence electrons. The predicted molar refractivity (Wildman–Crippen MR) is 76.3 cm³/mol. The molecule has 0 unspecified atom stereocenters. The van der Waals surface area contributed by atoms with Gasteiger partial charge in [0.2, 0.25) is 5.13 Å². The summed E-state index contributed by atoms with van der Waals surface area (Å²) in [6.45, 7) is 2.10. The number of ether oxygens (including phenoxy) is 1. The Morgan fingerprint density at radius 1 is 1.45 bits per heavy atom. The molecule has 1 aromatic heterocycles. The number of hydrogen-bond acceptors (Lipinski definition) is 7. The maximum absolute atomic E-state index is 11.0. The van der Waals surface area contributed by atoms with Crippen LogP contribution in [0.5, 0.6) is 5.75 Å². The van der Waals surface area contributed by atoms with Crippen molar-refractivity contribution in [3.63, 3.8) is 0 Å². The third kappa shape index (κ3) is 3.21. The lowest BCUT2D eigenvalue weighted by Crippen LogP contribution is -1.99. The molecule has 0 spiro atoms. The van der Waals surface area contributed by atoms with Gasteiger partial charge in [-0.3, -0.25) is 10.1 Å². The molecule has 0 atom stereocenters. The molecule has 1 aromatic carbocycles. The number of nitro groups is 1. The Kier molecular flexibility index (Phi) is 4.46. The van der Waals surface area contributed by atoms with E-state index in [-0.39, 0.29) is 18.0 Å². The molecule has 0 radical (unpaired) electrons. The van der Waals surface area contributed by atoms with E-state index in [9.17, 15) is 10.1 Å². The summed E-state index contributed by atoms with van der Waals surface area (Å²) in [5.41, 5.74) is 0.875. The second-order valence-electron chi connectivity index (χ2n) is 3.95. The highest BCUT2D eigenvalue weighted by molar-refractivity contribution is 7.15. The number of nitrogens with one attached hydrogen (secondary N) is 1. The van der Waals surface area contributed by atoms with Crippen molar-refractivity contribution in [2.45, 2.75) is 20.0 Å². The number of anilines is 1. The average Bonchev–Trinajstić information content (AvgIpc) is 2.92. The number of nitrogens with zero attached hydrogens (tertiary/aromatic N) is 3. The Morgan fingerprint density at radius 3 is 2.85 bits per heavy atom. The quantitative estimate of drug-likeness (QED) is 0.650. The van der Waals surface area contributed by atoms with Crippen molar-refractivity contribution in [2.24, 2.45) is 0 Å². The Bertz CT molecular complexity index is 614. The Balaban J connectivity index is 2.14. The first-order valence-corrected chi connectivity index (χ1v) is 6.86. The number of aryl methyl sites for hydroxylation is 1. The van der Waals surface area contributed by atoms with Gasteiger partial charge in [0.05, 0.1) is 4.92 Å². The van der Waals surface area contributed by atoms with Gasteiger partial charge in [-0.05, 0) is 18.1 Å². The van der Waals surface area contributed by atoms with Crippen LogP contribution < -0.4 is 10.1 Å². The summed E-state index contributed by atoms with van der Waals surface area (Å²) in [7, 11) is 1.75. The van der Waals surface area contributed by atoms with Gasteiger partial charge in [-0.25, -0.2) is 0 Å². The van der Waals surface area contributed by atoms with Crippen LogP contribution in [-0.4, -0.2) is 22.2 Å². The standard InChI is InChI=1S/C12H14N4O3S/c1-3-8-4-5-10(9(6-8)16(17)18)19-7-11-14-15-12(13-2)20-11/h4-6H,3,7H2,1-2H3,(H,13,15). The minimum atomic E-state index is -0.437. The summed E-state index contributed by atoms with van der Waals surface area (Å²) in [6, 6.07) is 4.98. The topological polar surface area (TPSA) is 90.2 Å².